The SMILES string of the molecule is CCSc1cc(/C=N/OC(C)C)ccc1C. The molecule has 0 spiro atoms. The molecule has 1 aromatic carbocycles. The number of thioether (sulfide) groups is 1. The van der Waals surface area contributed by atoms with E-state index in [1.165, 1.54) is 10.5 Å². The molecule has 2 nitrogen and oxygen atoms in total. The molecule has 0 aliphatic rings. The maximum Gasteiger partial charge on any atom is 0.122 e. The van der Waals surface area contributed by atoms with Crippen LogP contribution in [0.15, 0.2) is 28.3 Å². The molecule has 0 unspecified atom stereocenters. The Balaban J connectivity index is 2.74. The fraction of sp³-hybridized carbons (Fsp3) is 0.462. The van der Waals surface area contributed by atoms with Crippen molar-refractivity contribution in [1.29, 1.82) is 0 Å². The highest BCUT2D eigenvalue weighted by Gasteiger charge is 1.99. The van der Waals surface area contributed by atoms with Crippen LogP contribution in [0.4, 0.5) is 0 Å². The Morgan fingerprint density at radius 2 is 2.19 bits per heavy atom. The Labute approximate surface area is 102 Å². The Morgan fingerprint density at radius 3 is 2.81 bits per heavy atom. The number of oxime groups is 1. The normalized spacial score (nSPS) is 11.3. The van der Waals surface area contributed by atoms with Gasteiger partial charge in [-0.3, -0.25) is 0 Å². The molecule has 0 amide bonds. The second-order valence-corrected chi connectivity index (χ2v) is 5.15. The number of aryl methyl sites for hydroxylation is 1. The molecule has 0 aliphatic carbocycles. The maximum absolute atomic E-state index is 5.14. The number of rotatable bonds is 5. The van der Waals surface area contributed by atoms with Crippen molar-refractivity contribution in [3.8, 4) is 0 Å². The molecule has 0 aromatic heterocycles. The third-order valence-electron chi connectivity index (χ3n) is 1.99. The van der Waals surface area contributed by atoms with Crippen molar-refractivity contribution in [3.63, 3.8) is 0 Å². The van der Waals surface area contributed by atoms with E-state index in [1.54, 1.807) is 6.21 Å². The van der Waals surface area contributed by atoms with E-state index in [9.17, 15) is 0 Å². The third kappa shape index (κ3) is 4.27. The molecule has 0 radical (unpaired) electrons. The number of nitrogens with zero attached hydrogens (tertiary/aromatic N) is 1. The second-order valence-electron chi connectivity index (χ2n) is 3.85. The van der Waals surface area contributed by atoms with Crippen LogP contribution in [0.3, 0.4) is 0 Å². The van der Waals surface area contributed by atoms with Gasteiger partial charge in [-0.15, -0.1) is 11.8 Å². The number of benzene rings is 1. The van der Waals surface area contributed by atoms with Gasteiger partial charge >= 0.3 is 0 Å². The molecule has 88 valence electrons. The van der Waals surface area contributed by atoms with Gasteiger partial charge in [0.1, 0.15) is 6.10 Å². The summed E-state index contributed by atoms with van der Waals surface area (Å²) in [4.78, 5) is 6.45. The van der Waals surface area contributed by atoms with Crippen LogP contribution in [0.1, 0.15) is 31.9 Å². The van der Waals surface area contributed by atoms with Gasteiger partial charge in [0.05, 0.1) is 6.21 Å². The van der Waals surface area contributed by atoms with Gasteiger partial charge in [0.15, 0.2) is 0 Å². The largest absolute Gasteiger partial charge is 0.393 e. The predicted molar refractivity (Wildman–Crippen MR) is 71.4 cm³/mol. The molecular weight excluding hydrogens is 218 g/mol. The average molecular weight is 237 g/mol. The number of hydrogen-bond donors (Lipinski definition) is 0. The van der Waals surface area contributed by atoms with Crippen LogP contribution in [0.25, 0.3) is 0 Å². The highest BCUT2D eigenvalue weighted by atomic mass is 32.2. The van der Waals surface area contributed by atoms with Gasteiger partial charge in [0, 0.05) is 4.90 Å². The molecule has 0 fully saturated rings. The van der Waals surface area contributed by atoms with Crippen LogP contribution in [-0.4, -0.2) is 18.1 Å². The highest BCUT2D eigenvalue weighted by Crippen LogP contribution is 2.22. The summed E-state index contributed by atoms with van der Waals surface area (Å²) >= 11 is 1.85. The first kappa shape index (κ1) is 13.1. The van der Waals surface area contributed by atoms with Gasteiger partial charge in [0.25, 0.3) is 0 Å². The zero-order chi connectivity index (χ0) is 12.0. The average Bonchev–Trinajstić information content (AvgIpc) is 2.22. The fourth-order valence-corrected chi connectivity index (χ4v) is 2.05. The zero-order valence-corrected chi connectivity index (χ0v) is 11.2. The first-order valence-corrected chi connectivity index (χ1v) is 6.54. The van der Waals surface area contributed by atoms with Crippen molar-refractivity contribution < 1.29 is 4.84 Å². The van der Waals surface area contributed by atoms with Gasteiger partial charge < -0.3 is 4.84 Å². The summed E-state index contributed by atoms with van der Waals surface area (Å²) in [5, 5.41) is 3.94. The lowest BCUT2D eigenvalue weighted by Crippen LogP contribution is -1.96. The van der Waals surface area contributed by atoms with Crippen LogP contribution in [-0.2, 0) is 4.84 Å². The van der Waals surface area contributed by atoms with E-state index in [0.717, 1.165) is 11.3 Å². The first-order valence-electron chi connectivity index (χ1n) is 5.56. The molecule has 16 heavy (non-hydrogen) atoms. The minimum atomic E-state index is 0.131. The molecule has 3 heteroatoms. The van der Waals surface area contributed by atoms with Crippen molar-refractivity contribution in [2.24, 2.45) is 5.16 Å². The molecular formula is C13H19NOS. The van der Waals surface area contributed by atoms with Crippen molar-refractivity contribution >= 4 is 18.0 Å². The Bertz CT molecular complexity index is 361. The lowest BCUT2D eigenvalue weighted by molar-refractivity contribution is 0.0873. The van der Waals surface area contributed by atoms with Gasteiger partial charge in [0.2, 0.25) is 0 Å². The zero-order valence-electron chi connectivity index (χ0n) is 10.4. The quantitative estimate of drug-likeness (QED) is 0.440. The van der Waals surface area contributed by atoms with E-state index in [4.69, 9.17) is 4.84 Å². The minimum Gasteiger partial charge on any atom is -0.393 e. The first-order chi connectivity index (χ1) is 7.63. The summed E-state index contributed by atoms with van der Waals surface area (Å²) in [5.74, 6) is 1.09. The van der Waals surface area contributed by atoms with E-state index in [-0.39, 0.29) is 6.10 Å². The van der Waals surface area contributed by atoms with E-state index in [2.05, 4.69) is 37.2 Å². The molecule has 0 saturated carbocycles. The summed E-state index contributed by atoms with van der Waals surface area (Å²) in [6.07, 6.45) is 1.89. The van der Waals surface area contributed by atoms with Crippen molar-refractivity contribution in [1.82, 2.24) is 0 Å². The molecule has 0 atom stereocenters. The number of hydrogen-bond acceptors (Lipinski definition) is 3. The van der Waals surface area contributed by atoms with Crippen molar-refractivity contribution in [2.45, 2.75) is 38.7 Å². The summed E-state index contributed by atoms with van der Waals surface area (Å²) in [5.41, 5.74) is 2.40. The summed E-state index contributed by atoms with van der Waals surface area (Å²) in [6, 6.07) is 6.33. The van der Waals surface area contributed by atoms with E-state index < -0.39 is 0 Å². The van der Waals surface area contributed by atoms with Crippen LogP contribution >= 0.6 is 11.8 Å². The van der Waals surface area contributed by atoms with Crippen molar-refractivity contribution in [2.75, 3.05) is 5.75 Å². The summed E-state index contributed by atoms with van der Waals surface area (Å²) in [7, 11) is 0. The summed E-state index contributed by atoms with van der Waals surface area (Å²) < 4.78 is 0. The van der Waals surface area contributed by atoms with Crippen LogP contribution < -0.4 is 0 Å². The second kappa shape index (κ2) is 6.59. The van der Waals surface area contributed by atoms with E-state index in [1.807, 2.05) is 25.6 Å². The summed E-state index contributed by atoms with van der Waals surface area (Å²) in [6.45, 7) is 8.21. The van der Waals surface area contributed by atoms with E-state index >= 15 is 0 Å². The molecule has 1 rings (SSSR count). The lowest BCUT2D eigenvalue weighted by Gasteiger charge is -2.05. The van der Waals surface area contributed by atoms with Crippen molar-refractivity contribution in [3.05, 3.63) is 29.3 Å². The van der Waals surface area contributed by atoms with Crippen LogP contribution in [0.2, 0.25) is 0 Å². The highest BCUT2D eigenvalue weighted by molar-refractivity contribution is 7.99. The molecule has 0 saturated heterocycles. The standard InChI is InChI=1S/C13H19NOS/c1-5-16-13-8-12(7-6-11(13)4)9-14-15-10(2)3/h6-10H,5H2,1-4H3/b14-9+. The molecule has 0 bridgehead atoms. The molecule has 0 N–H and O–H groups in total. The Kier molecular flexibility index (Phi) is 5.39. The lowest BCUT2D eigenvalue weighted by atomic mass is 10.2. The monoisotopic (exact) mass is 237 g/mol. The predicted octanol–water partition coefficient (Wildman–Crippen LogP) is 3.87. The minimum absolute atomic E-state index is 0.131. The van der Waals surface area contributed by atoms with Gasteiger partial charge in [-0.25, -0.2) is 0 Å². The van der Waals surface area contributed by atoms with Crippen LogP contribution in [0, 0.1) is 6.92 Å². The fourth-order valence-electron chi connectivity index (χ4n) is 1.22. The van der Waals surface area contributed by atoms with Gasteiger partial charge in [-0.2, -0.15) is 0 Å². The Hall–Kier alpha value is -0.960. The molecule has 1 aromatic rings. The van der Waals surface area contributed by atoms with E-state index in [0.29, 0.717) is 0 Å². The smallest absolute Gasteiger partial charge is 0.122 e. The Morgan fingerprint density at radius 1 is 1.44 bits per heavy atom. The maximum atomic E-state index is 5.14. The third-order valence-corrected chi connectivity index (χ3v) is 3.03. The molecule has 0 heterocycles. The van der Waals surface area contributed by atoms with Gasteiger partial charge in [-0.05, 0) is 43.7 Å². The molecule has 0 aliphatic heterocycles. The van der Waals surface area contributed by atoms with Gasteiger partial charge in [-0.1, -0.05) is 24.2 Å². The topological polar surface area (TPSA) is 21.6 Å². The van der Waals surface area contributed by atoms with Crippen LogP contribution in [0.5, 0.6) is 0 Å².